The van der Waals surface area contributed by atoms with Crippen LogP contribution in [-0.4, -0.2) is 16.5 Å². The molecule has 1 heterocycles. The zero-order valence-electron chi connectivity index (χ0n) is 5.49. The van der Waals surface area contributed by atoms with Crippen molar-refractivity contribution in [1.82, 2.24) is 5.32 Å². The molecule has 7 heteroatoms. The van der Waals surface area contributed by atoms with Crippen LogP contribution in [0.3, 0.4) is 0 Å². The van der Waals surface area contributed by atoms with Gasteiger partial charge >= 0.3 is 6.18 Å². The van der Waals surface area contributed by atoms with Crippen molar-refractivity contribution in [2.24, 2.45) is 4.99 Å². The van der Waals surface area contributed by atoms with Gasteiger partial charge in [-0.15, -0.1) is 0 Å². The molecule has 0 saturated carbocycles. The van der Waals surface area contributed by atoms with Gasteiger partial charge in [-0.1, -0.05) is 11.6 Å². The average Bonchev–Trinajstić information content (AvgIpc) is 1.83. The Morgan fingerprint density at radius 2 is 2.08 bits per heavy atom. The van der Waals surface area contributed by atoms with E-state index in [-0.39, 0.29) is 5.29 Å². The minimum Gasteiger partial charge on any atom is -0.337 e. The molecule has 1 rings (SSSR count). The third-order valence-electron chi connectivity index (χ3n) is 1.17. The number of amidine groups is 1. The third kappa shape index (κ3) is 1.67. The predicted octanol–water partition coefficient (Wildman–Crippen LogP) is 2.20. The van der Waals surface area contributed by atoms with Crippen molar-refractivity contribution in [1.29, 1.82) is 0 Å². The largest absolute Gasteiger partial charge is 0.431 e. The van der Waals surface area contributed by atoms with Crippen LogP contribution in [0.1, 0.15) is 0 Å². The highest BCUT2D eigenvalue weighted by Crippen LogP contribution is 2.39. The lowest BCUT2D eigenvalue weighted by Gasteiger charge is -2.24. The Morgan fingerprint density at radius 3 is 2.42 bits per heavy atom. The molecule has 0 aliphatic carbocycles. The Balaban J connectivity index is 2.99. The minimum atomic E-state index is -4.65. The van der Waals surface area contributed by atoms with Crippen LogP contribution in [0, 0.1) is 0 Å². The summed E-state index contributed by atoms with van der Waals surface area (Å²) in [6.07, 6.45) is -2.97. The molecule has 0 amide bonds. The molecule has 12 heavy (non-hydrogen) atoms. The van der Waals surface area contributed by atoms with Crippen LogP contribution >= 0.6 is 23.2 Å². The number of nitrogens with one attached hydrogen (secondary N) is 1. The summed E-state index contributed by atoms with van der Waals surface area (Å²) in [5.74, 6) is 0. The van der Waals surface area contributed by atoms with Gasteiger partial charge in [-0.2, -0.15) is 13.2 Å². The van der Waals surface area contributed by atoms with Crippen LogP contribution in [0.2, 0.25) is 0 Å². The number of hydrogen-bond donors (Lipinski definition) is 1. The van der Waals surface area contributed by atoms with Crippen LogP contribution in [0.25, 0.3) is 0 Å². The van der Waals surface area contributed by atoms with Gasteiger partial charge in [0.15, 0.2) is 5.29 Å². The summed E-state index contributed by atoms with van der Waals surface area (Å²) >= 11 is 10.3. The first-order chi connectivity index (χ1) is 5.35. The smallest absolute Gasteiger partial charge is 0.337 e. The molecule has 1 atom stereocenters. The maximum absolute atomic E-state index is 12.1. The van der Waals surface area contributed by atoms with Gasteiger partial charge in [0, 0.05) is 6.20 Å². The molecule has 1 N–H and O–H groups in total. The highest BCUT2D eigenvalue weighted by Gasteiger charge is 2.53. The quantitative estimate of drug-likeness (QED) is 0.490. The first kappa shape index (κ1) is 9.67. The molecule has 0 spiro atoms. The summed E-state index contributed by atoms with van der Waals surface area (Å²) in [7, 11) is 0. The normalized spacial score (nSPS) is 29.6. The predicted molar refractivity (Wildman–Crippen MR) is 40.2 cm³/mol. The molecule has 68 valence electrons. The van der Waals surface area contributed by atoms with Gasteiger partial charge < -0.3 is 5.32 Å². The summed E-state index contributed by atoms with van der Waals surface area (Å²) in [6, 6.07) is 0. The van der Waals surface area contributed by atoms with Gasteiger partial charge in [0.05, 0.1) is 0 Å². The number of alkyl halides is 4. The summed E-state index contributed by atoms with van der Waals surface area (Å²) in [6.45, 7) is 0. The zero-order chi connectivity index (χ0) is 9.41. The molecule has 0 bridgehead atoms. The molecule has 0 saturated heterocycles. The second kappa shape index (κ2) is 2.81. The van der Waals surface area contributed by atoms with Gasteiger partial charge in [0.25, 0.3) is 5.00 Å². The van der Waals surface area contributed by atoms with Crippen molar-refractivity contribution in [3.8, 4) is 0 Å². The van der Waals surface area contributed by atoms with Crippen molar-refractivity contribution in [3.63, 3.8) is 0 Å². The van der Waals surface area contributed by atoms with Gasteiger partial charge in [0.2, 0.25) is 0 Å². The molecule has 1 unspecified atom stereocenters. The maximum atomic E-state index is 12.1. The molecule has 0 radical (unpaired) electrons. The van der Waals surface area contributed by atoms with E-state index in [1.54, 1.807) is 0 Å². The lowest BCUT2D eigenvalue weighted by molar-refractivity contribution is -0.148. The van der Waals surface area contributed by atoms with Crippen LogP contribution in [0.5, 0.6) is 0 Å². The second-order valence-electron chi connectivity index (χ2n) is 2.05. The number of aliphatic imine (C=N–C) groups is 1. The first-order valence-electron chi connectivity index (χ1n) is 2.80. The molecule has 1 aliphatic rings. The van der Waals surface area contributed by atoms with Crippen molar-refractivity contribution in [2.45, 2.75) is 11.2 Å². The fraction of sp³-hybridized carbons (Fsp3) is 0.400. The van der Waals surface area contributed by atoms with Crippen molar-refractivity contribution < 1.29 is 13.2 Å². The van der Waals surface area contributed by atoms with Crippen molar-refractivity contribution in [3.05, 3.63) is 12.3 Å². The van der Waals surface area contributed by atoms with E-state index in [0.717, 1.165) is 6.20 Å². The lowest BCUT2D eigenvalue weighted by atomic mass is 10.2. The number of halogens is 5. The fourth-order valence-corrected chi connectivity index (χ4v) is 0.978. The second-order valence-corrected chi connectivity index (χ2v) is 2.99. The van der Waals surface area contributed by atoms with Crippen LogP contribution in [0.15, 0.2) is 17.3 Å². The Bertz CT molecular complexity index is 248. The third-order valence-corrected chi connectivity index (χ3v) is 1.78. The van der Waals surface area contributed by atoms with Crippen LogP contribution in [-0.2, 0) is 0 Å². The van der Waals surface area contributed by atoms with Crippen LogP contribution < -0.4 is 5.32 Å². The maximum Gasteiger partial charge on any atom is 0.431 e. The van der Waals surface area contributed by atoms with Gasteiger partial charge in [-0.3, -0.25) is 0 Å². The van der Waals surface area contributed by atoms with Crippen LogP contribution in [0.4, 0.5) is 13.2 Å². The SMILES string of the molecule is FC(F)(F)C1(Cl)C=CNC(Cl)=N1. The molecule has 0 fully saturated rings. The van der Waals surface area contributed by atoms with E-state index < -0.39 is 11.2 Å². The molecule has 1 aliphatic heterocycles. The van der Waals surface area contributed by atoms with Crippen molar-refractivity contribution >= 4 is 28.5 Å². The Morgan fingerprint density at radius 1 is 1.50 bits per heavy atom. The summed E-state index contributed by atoms with van der Waals surface area (Å²) in [5, 5.41) is 1.88. The minimum absolute atomic E-state index is 0.384. The standard InChI is InChI=1S/C5H3Cl2F3N2/c6-3-11-2-1-4(7,12-3)5(8,9)10/h1-2H,(H,11,12). The lowest BCUT2D eigenvalue weighted by Crippen LogP contribution is -2.40. The molecule has 0 aromatic heterocycles. The highest BCUT2D eigenvalue weighted by atomic mass is 35.5. The highest BCUT2D eigenvalue weighted by molar-refractivity contribution is 6.65. The number of hydrogen-bond acceptors (Lipinski definition) is 2. The van der Waals surface area contributed by atoms with E-state index >= 15 is 0 Å². The van der Waals surface area contributed by atoms with E-state index in [0.29, 0.717) is 6.08 Å². The topological polar surface area (TPSA) is 24.4 Å². The van der Waals surface area contributed by atoms with E-state index in [1.807, 2.05) is 0 Å². The summed E-state index contributed by atoms with van der Waals surface area (Å²) in [5.41, 5.74) is 0. The number of rotatable bonds is 0. The average molecular weight is 219 g/mol. The molecular formula is C5H3Cl2F3N2. The summed E-state index contributed by atoms with van der Waals surface area (Å²) < 4.78 is 36.4. The van der Waals surface area contributed by atoms with E-state index in [1.165, 1.54) is 0 Å². The molecule has 2 nitrogen and oxygen atoms in total. The Kier molecular flexibility index (Phi) is 2.27. The Hall–Kier alpha value is -0.420. The molecule has 0 aromatic carbocycles. The van der Waals surface area contributed by atoms with E-state index in [2.05, 4.69) is 10.3 Å². The van der Waals surface area contributed by atoms with E-state index in [9.17, 15) is 13.2 Å². The molecular weight excluding hydrogens is 216 g/mol. The fourth-order valence-electron chi connectivity index (χ4n) is 0.591. The van der Waals surface area contributed by atoms with Gasteiger partial charge in [0.1, 0.15) is 0 Å². The first-order valence-corrected chi connectivity index (χ1v) is 3.56. The van der Waals surface area contributed by atoms with Gasteiger partial charge in [-0.05, 0) is 17.7 Å². The van der Waals surface area contributed by atoms with E-state index in [4.69, 9.17) is 23.2 Å². The van der Waals surface area contributed by atoms with Crippen molar-refractivity contribution in [2.75, 3.05) is 0 Å². The summed E-state index contributed by atoms with van der Waals surface area (Å²) in [4.78, 5) is 0.283. The number of nitrogens with zero attached hydrogens (tertiary/aromatic N) is 1. The van der Waals surface area contributed by atoms with Gasteiger partial charge in [-0.25, -0.2) is 4.99 Å². The molecule has 0 aromatic rings. The zero-order valence-corrected chi connectivity index (χ0v) is 7.00. The Labute approximate surface area is 76.1 Å². The monoisotopic (exact) mass is 218 g/mol.